The minimum atomic E-state index is -3.65. The maximum Gasteiger partial charge on any atom is 0.312 e. The average Bonchev–Trinajstić information content (AvgIpc) is 2.16. The summed E-state index contributed by atoms with van der Waals surface area (Å²) in [5, 5.41) is 0. The fourth-order valence-electron chi connectivity index (χ4n) is 0.890. The largest absolute Gasteiger partial charge is 0.312 e. The minimum absolute atomic E-state index is 0.157. The van der Waals surface area contributed by atoms with E-state index >= 15 is 0 Å². The summed E-state index contributed by atoms with van der Waals surface area (Å²) in [5.74, 6) is 0. The number of benzene rings is 1. The molecule has 0 saturated carbocycles. The number of nitrogens with one attached hydrogen (secondary N) is 1. The average molecular weight is 215 g/mol. The monoisotopic (exact) mass is 215 g/mol. The third-order valence-electron chi connectivity index (χ3n) is 1.62. The second-order valence-electron chi connectivity index (χ2n) is 2.85. The molecule has 0 aromatic heterocycles. The Kier molecular flexibility index (Phi) is 3.62. The number of rotatable bonds is 4. The summed E-state index contributed by atoms with van der Waals surface area (Å²) < 4.78 is 27.4. The van der Waals surface area contributed by atoms with Crippen molar-refractivity contribution in [2.75, 3.05) is 6.54 Å². The smallest absolute Gasteiger partial charge is 0.192 e. The Labute approximate surface area is 84.0 Å². The Bertz CT molecular complexity index is 383. The van der Waals surface area contributed by atoms with Crippen LogP contribution in [-0.2, 0) is 14.4 Å². The lowest BCUT2D eigenvalue weighted by atomic mass is 10.2. The van der Waals surface area contributed by atoms with Crippen LogP contribution in [0, 0.1) is 6.92 Å². The zero-order valence-corrected chi connectivity index (χ0v) is 8.97. The van der Waals surface area contributed by atoms with Gasteiger partial charge in [-0.2, -0.15) is 18.2 Å². The zero-order chi connectivity index (χ0) is 10.6. The SMILES string of the molecule is CCNOS(=O)(=O)c1ccc(C)cc1. The Balaban J connectivity index is 2.87. The van der Waals surface area contributed by atoms with E-state index in [1.54, 1.807) is 19.1 Å². The first-order valence-corrected chi connectivity index (χ1v) is 5.70. The maximum atomic E-state index is 11.4. The van der Waals surface area contributed by atoms with Crippen molar-refractivity contribution in [3.63, 3.8) is 0 Å². The molecule has 0 spiro atoms. The van der Waals surface area contributed by atoms with Gasteiger partial charge in [0.25, 0.3) is 0 Å². The van der Waals surface area contributed by atoms with Crippen LogP contribution in [0.3, 0.4) is 0 Å². The van der Waals surface area contributed by atoms with E-state index in [0.717, 1.165) is 5.56 Å². The highest BCUT2D eigenvalue weighted by Gasteiger charge is 2.13. The van der Waals surface area contributed by atoms with Gasteiger partial charge in [-0.3, -0.25) is 0 Å². The molecule has 5 heteroatoms. The molecule has 0 heterocycles. The van der Waals surface area contributed by atoms with Gasteiger partial charge in [0.15, 0.2) is 0 Å². The fraction of sp³-hybridized carbons (Fsp3) is 0.333. The highest BCUT2D eigenvalue weighted by atomic mass is 32.2. The summed E-state index contributed by atoms with van der Waals surface area (Å²) in [6, 6.07) is 6.48. The van der Waals surface area contributed by atoms with Crippen molar-refractivity contribution in [1.29, 1.82) is 0 Å². The zero-order valence-electron chi connectivity index (χ0n) is 8.15. The van der Waals surface area contributed by atoms with E-state index in [9.17, 15) is 8.42 Å². The Morgan fingerprint density at radius 2 is 1.86 bits per heavy atom. The van der Waals surface area contributed by atoms with Crippen LogP contribution < -0.4 is 5.48 Å². The van der Waals surface area contributed by atoms with E-state index in [2.05, 4.69) is 9.76 Å². The summed E-state index contributed by atoms with van der Waals surface area (Å²) in [5.41, 5.74) is 3.32. The van der Waals surface area contributed by atoms with Gasteiger partial charge in [0.1, 0.15) is 0 Å². The van der Waals surface area contributed by atoms with Crippen LogP contribution in [0.5, 0.6) is 0 Å². The van der Waals surface area contributed by atoms with E-state index in [4.69, 9.17) is 0 Å². The van der Waals surface area contributed by atoms with Gasteiger partial charge < -0.3 is 0 Å². The maximum absolute atomic E-state index is 11.4. The van der Waals surface area contributed by atoms with Crippen molar-refractivity contribution < 1.29 is 12.7 Å². The van der Waals surface area contributed by atoms with Gasteiger partial charge in [-0.05, 0) is 19.1 Å². The van der Waals surface area contributed by atoms with E-state index in [-0.39, 0.29) is 4.90 Å². The molecule has 0 aliphatic rings. The third-order valence-corrected chi connectivity index (χ3v) is 2.81. The Morgan fingerprint density at radius 1 is 1.29 bits per heavy atom. The van der Waals surface area contributed by atoms with Crippen LogP contribution in [-0.4, -0.2) is 15.0 Å². The van der Waals surface area contributed by atoms with Crippen molar-refractivity contribution in [1.82, 2.24) is 5.48 Å². The van der Waals surface area contributed by atoms with Crippen molar-refractivity contribution >= 4 is 10.1 Å². The summed E-state index contributed by atoms with van der Waals surface area (Å²) in [6.45, 7) is 4.08. The van der Waals surface area contributed by atoms with Crippen molar-refractivity contribution in [2.45, 2.75) is 18.7 Å². The highest BCUT2D eigenvalue weighted by Crippen LogP contribution is 2.11. The molecule has 14 heavy (non-hydrogen) atoms. The van der Waals surface area contributed by atoms with Crippen molar-refractivity contribution in [3.8, 4) is 0 Å². The lowest BCUT2D eigenvalue weighted by molar-refractivity contribution is 0.210. The van der Waals surface area contributed by atoms with Gasteiger partial charge in [0, 0.05) is 6.54 Å². The molecule has 0 saturated heterocycles. The first-order chi connectivity index (χ1) is 6.56. The molecule has 0 aliphatic heterocycles. The lowest BCUT2D eigenvalue weighted by Crippen LogP contribution is -2.19. The van der Waals surface area contributed by atoms with Crippen molar-refractivity contribution in [3.05, 3.63) is 29.8 Å². The van der Waals surface area contributed by atoms with Gasteiger partial charge in [-0.25, -0.2) is 0 Å². The van der Waals surface area contributed by atoms with Crippen molar-refractivity contribution in [2.24, 2.45) is 0 Å². The first kappa shape index (κ1) is 11.2. The van der Waals surface area contributed by atoms with Crippen LogP contribution in [0.4, 0.5) is 0 Å². The molecule has 1 aromatic rings. The van der Waals surface area contributed by atoms with Crippen LogP contribution in [0.25, 0.3) is 0 Å². The van der Waals surface area contributed by atoms with Gasteiger partial charge in [-0.1, -0.05) is 24.6 Å². The highest BCUT2D eigenvalue weighted by molar-refractivity contribution is 7.86. The number of hydroxylamine groups is 1. The number of hydrogen-bond donors (Lipinski definition) is 1. The topological polar surface area (TPSA) is 55.4 Å². The van der Waals surface area contributed by atoms with Crippen LogP contribution in [0.15, 0.2) is 29.2 Å². The first-order valence-electron chi connectivity index (χ1n) is 4.29. The Morgan fingerprint density at radius 3 is 2.36 bits per heavy atom. The summed E-state index contributed by atoms with van der Waals surface area (Å²) in [4.78, 5) is 0.157. The molecule has 78 valence electrons. The molecule has 1 aromatic carbocycles. The molecule has 0 unspecified atom stereocenters. The van der Waals surface area contributed by atoms with E-state index < -0.39 is 10.1 Å². The van der Waals surface area contributed by atoms with E-state index in [0.29, 0.717) is 6.54 Å². The molecular weight excluding hydrogens is 202 g/mol. The van der Waals surface area contributed by atoms with E-state index in [1.165, 1.54) is 12.1 Å². The minimum Gasteiger partial charge on any atom is -0.192 e. The summed E-state index contributed by atoms with van der Waals surface area (Å²) >= 11 is 0. The molecule has 0 fully saturated rings. The number of hydrogen-bond acceptors (Lipinski definition) is 4. The molecule has 0 atom stereocenters. The fourth-order valence-corrected chi connectivity index (χ4v) is 1.73. The summed E-state index contributed by atoms with van der Waals surface area (Å²) in [7, 11) is -3.65. The second-order valence-corrected chi connectivity index (χ2v) is 4.39. The second kappa shape index (κ2) is 4.54. The van der Waals surface area contributed by atoms with Crippen LogP contribution in [0.2, 0.25) is 0 Å². The normalized spacial score (nSPS) is 11.6. The Hall–Kier alpha value is -0.910. The molecule has 0 aliphatic carbocycles. The molecule has 1 N–H and O–H groups in total. The predicted octanol–water partition coefficient (Wildman–Crippen LogP) is 1.22. The molecule has 0 amide bonds. The molecule has 1 rings (SSSR count). The van der Waals surface area contributed by atoms with Gasteiger partial charge >= 0.3 is 10.1 Å². The van der Waals surface area contributed by atoms with Crippen LogP contribution in [0.1, 0.15) is 12.5 Å². The standard InChI is InChI=1S/C9H13NO3S/c1-3-10-13-14(11,12)9-6-4-8(2)5-7-9/h4-7,10H,3H2,1-2H3. The van der Waals surface area contributed by atoms with Gasteiger partial charge in [0.05, 0.1) is 4.90 Å². The quantitative estimate of drug-likeness (QED) is 0.767. The number of aryl methyl sites for hydroxylation is 1. The molecule has 4 nitrogen and oxygen atoms in total. The third kappa shape index (κ3) is 2.80. The lowest BCUT2D eigenvalue weighted by Gasteiger charge is -2.04. The molecule has 0 bridgehead atoms. The summed E-state index contributed by atoms with van der Waals surface area (Å²) in [6.07, 6.45) is 0. The van der Waals surface area contributed by atoms with Gasteiger partial charge in [0.2, 0.25) is 0 Å². The van der Waals surface area contributed by atoms with E-state index in [1.807, 2.05) is 6.92 Å². The molecular formula is C9H13NO3S. The predicted molar refractivity (Wildman–Crippen MR) is 53.1 cm³/mol. The van der Waals surface area contributed by atoms with Crippen LogP contribution >= 0.6 is 0 Å². The molecule has 0 radical (unpaired) electrons. The van der Waals surface area contributed by atoms with Gasteiger partial charge in [-0.15, -0.1) is 0 Å².